The second-order valence-corrected chi connectivity index (χ2v) is 6.97. The highest BCUT2D eigenvalue weighted by Crippen LogP contribution is 2.27. The number of rotatable bonds is 7. The fraction of sp³-hybridized carbons (Fsp3) is 0.0909. The van der Waals surface area contributed by atoms with Crippen LogP contribution < -0.4 is 10.1 Å². The van der Waals surface area contributed by atoms with Crippen LogP contribution in [0.25, 0.3) is 6.08 Å². The molecule has 0 bridgehead atoms. The molecule has 3 aromatic rings. The summed E-state index contributed by atoms with van der Waals surface area (Å²) in [6.07, 6.45) is 6.62. The quantitative estimate of drug-likeness (QED) is 0.401. The Hall–Kier alpha value is -2.96. The summed E-state index contributed by atoms with van der Waals surface area (Å²) in [6.45, 7) is 0. The van der Waals surface area contributed by atoms with E-state index in [2.05, 4.69) is 10.3 Å². The molecule has 0 aliphatic carbocycles. The molecule has 5 nitrogen and oxygen atoms in total. The lowest BCUT2D eigenvalue weighted by Crippen LogP contribution is -2.07. The van der Waals surface area contributed by atoms with E-state index < -0.39 is 0 Å². The van der Waals surface area contributed by atoms with Crippen molar-refractivity contribution >= 4 is 41.8 Å². The number of carbonyl (C=O) groups excluding carboxylic acids is 1. The highest BCUT2D eigenvalue weighted by atomic mass is 35.5. The summed E-state index contributed by atoms with van der Waals surface area (Å²) in [5.41, 5.74) is 2.63. The van der Waals surface area contributed by atoms with E-state index in [-0.39, 0.29) is 24.1 Å². The van der Waals surface area contributed by atoms with Crippen molar-refractivity contribution in [2.75, 3.05) is 12.4 Å². The molecule has 1 aromatic heterocycles. The van der Waals surface area contributed by atoms with Gasteiger partial charge < -0.3 is 15.2 Å². The predicted molar refractivity (Wildman–Crippen MR) is 120 cm³/mol. The highest BCUT2D eigenvalue weighted by molar-refractivity contribution is 7.98. The molecule has 2 aromatic carbocycles. The summed E-state index contributed by atoms with van der Waals surface area (Å²) in [5.74, 6) is 1.01. The lowest BCUT2D eigenvalue weighted by molar-refractivity contribution is -0.111. The number of nitrogens with zero attached hydrogens (tertiary/aromatic N) is 1. The first kappa shape index (κ1) is 22.3. The number of aromatic nitrogens is 1. The first-order valence-corrected chi connectivity index (χ1v) is 9.60. The van der Waals surface area contributed by atoms with Crippen LogP contribution in [-0.4, -0.2) is 23.1 Å². The number of pyridine rings is 1. The van der Waals surface area contributed by atoms with Crippen molar-refractivity contribution in [2.45, 2.75) is 10.6 Å². The normalized spacial score (nSPS) is 10.4. The zero-order chi connectivity index (χ0) is 19.8. The smallest absolute Gasteiger partial charge is 0.248 e. The number of thioether (sulfide) groups is 1. The maximum atomic E-state index is 12.2. The molecule has 0 saturated heterocycles. The first-order valence-electron chi connectivity index (χ1n) is 8.62. The molecule has 1 amide bonds. The van der Waals surface area contributed by atoms with Crippen molar-refractivity contribution in [3.63, 3.8) is 0 Å². The molecule has 0 unspecified atom stereocenters. The number of amides is 1. The molecule has 0 spiro atoms. The Bertz CT molecular complexity index is 981. The van der Waals surface area contributed by atoms with Crippen molar-refractivity contribution in [1.29, 1.82) is 0 Å². The minimum atomic E-state index is -0.244. The van der Waals surface area contributed by atoms with E-state index in [1.165, 1.54) is 18.7 Å². The number of hydrogen-bond donors (Lipinski definition) is 2. The Morgan fingerprint density at radius 2 is 1.97 bits per heavy atom. The minimum Gasteiger partial charge on any atom is -0.504 e. The third-order valence-corrected chi connectivity index (χ3v) is 4.95. The van der Waals surface area contributed by atoms with Gasteiger partial charge in [-0.15, -0.1) is 24.2 Å². The second-order valence-electron chi connectivity index (χ2n) is 5.93. The number of nitrogens with one attached hydrogen (secondary N) is 1. The van der Waals surface area contributed by atoms with Crippen LogP contribution in [0.3, 0.4) is 0 Å². The summed E-state index contributed by atoms with van der Waals surface area (Å²) in [5, 5.41) is 12.6. The van der Waals surface area contributed by atoms with E-state index in [0.29, 0.717) is 11.3 Å². The van der Waals surface area contributed by atoms with Gasteiger partial charge in [0.25, 0.3) is 0 Å². The fourth-order valence-corrected chi connectivity index (χ4v) is 3.39. The fourth-order valence-electron chi connectivity index (χ4n) is 2.48. The maximum absolute atomic E-state index is 12.2. The third-order valence-electron chi connectivity index (χ3n) is 3.89. The zero-order valence-corrected chi connectivity index (χ0v) is 17.4. The standard InChI is InChI=1S/C22H20N2O3S.ClH/c1-27-21-7-5-16(13-20(21)25)6-8-22(26)24-18-3-2-4-19(14-18)28-15-17-9-11-23-12-10-17;/h2-14,25H,15H2,1H3,(H,24,26);1H/b8-6+;. The van der Waals surface area contributed by atoms with Crippen molar-refractivity contribution < 1.29 is 14.6 Å². The molecule has 0 aliphatic rings. The summed E-state index contributed by atoms with van der Waals surface area (Å²) in [4.78, 5) is 17.3. The molecule has 0 saturated carbocycles. The first-order chi connectivity index (χ1) is 13.6. The second kappa shape index (κ2) is 11.1. The number of phenols is 1. The Labute approximate surface area is 180 Å². The van der Waals surface area contributed by atoms with Gasteiger partial charge in [0.15, 0.2) is 11.5 Å². The van der Waals surface area contributed by atoms with Crippen LogP contribution in [0.1, 0.15) is 11.1 Å². The van der Waals surface area contributed by atoms with Crippen molar-refractivity contribution in [1.82, 2.24) is 4.98 Å². The van der Waals surface area contributed by atoms with Gasteiger partial charge in [-0.1, -0.05) is 12.1 Å². The van der Waals surface area contributed by atoms with Crippen LogP contribution in [0, 0.1) is 0 Å². The molecule has 0 atom stereocenters. The summed E-state index contributed by atoms with van der Waals surface area (Å²) in [7, 11) is 1.49. The molecule has 1 heterocycles. The number of halogens is 1. The van der Waals surface area contributed by atoms with Crippen LogP contribution >= 0.6 is 24.2 Å². The van der Waals surface area contributed by atoms with E-state index in [4.69, 9.17) is 4.74 Å². The lowest BCUT2D eigenvalue weighted by Gasteiger charge is -2.06. The molecule has 3 rings (SSSR count). The molecule has 0 fully saturated rings. The van der Waals surface area contributed by atoms with Crippen LogP contribution in [0.4, 0.5) is 5.69 Å². The molecular weight excluding hydrogens is 408 g/mol. The average Bonchev–Trinajstić information content (AvgIpc) is 2.72. The van der Waals surface area contributed by atoms with Gasteiger partial charge in [-0.3, -0.25) is 9.78 Å². The number of benzene rings is 2. The van der Waals surface area contributed by atoms with Gasteiger partial charge in [0, 0.05) is 34.8 Å². The molecule has 7 heteroatoms. The number of methoxy groups -OCH3 is 1. The van der Waals surface area contributed by atoms with Gasteiger partial charge in [-0.2, -0.15) is 0 Å². The van der Waals surface area contributed by atoms with Gasteiger partial charge in [0.1, 0.15) is 0 Å². The summed E-state index contributed by atoms with van der Waals surface area (Å²) >= 11 is 1.69. The largest absolute Gasteiger partial charge is 0.504 e. The van der Waals surface area contributed by atoms with E-state index in [1.807, 2.05) is 36.4 Å². The Balaban J connectivity index is 0.00000300. The zero-order valence-electron chi connectivity index (χ0n) is 15.7. The Kier molecular flexibility index (Phi) is 8.58. The highest BCUT2D eigenvalue weighted by Gasteiger charge is 2.03. The molecule has 0 aliphatic heterocycles. The maximum Gasteiger partial charge on any atom is 0.248 e. The third kappa shape index (κ3) is 6.85. The van der Waals surface area contributed by atoms with Crippen molar-refractivity contribution in [2.24, 2.45) is 0 Å². The molecule has 0 radical (unpaired) electrons. The van der Waals surface area contributed by atoms with E-state index in [9.17, 15) is 9.90 Å². The molecule has 2 N–H and O–H groups in total. The van der Waals surface area contributed by atoms with Gasteiger partial charge in [0.2, 0.25) is 5.91 Å². The number of ether oxygens (including phenoxy) is 1. The number of anilines is 1. The molecule has 150 valence electrons. The van der Waals surface area contributed by atoms with Gasteiger partial charge in [-0.25, -0.2) is 0 Å². The van der Waals surface area contributed by atoms with E-state index >= 15 is 0 Å². The molecular formula is C22H21ClN2O3S. The summed E-state index contributed by atoms with van der Waals surface area (Å²) < 4.78 is 5.01. The predicted octanol–water partition coefficient (Wildman–Crippen LogP) is 5.16. The number of phenolic OH excluding ortho intramolecular Hbond substituents is 1. The van der Waals surface area contributed by atoms with Gasteiger partial charge >= 0.3 is 0 Å². The Morgan fingerprint density at radius 1 is 1.17 bits per heavy atom. The number of aromatic hydroxyl groups is 1. The SMILES string of the molecule is COc1ccc(/C=C/C(=O)Nc2cccc(SCc3ccncc3)c2)cc1O.Cl. The molecule has 29 heavy (non-hydrogen) atoms. The van der Waals surface area contributed by atoms with Gasteiger partial charge in [-0.05, 0) is 59.7 Å². The van der Waals surface area contributed by atoms with Crippen molar-refractivity contribution in [3.8, 4) is 11.5 Å². The van der Waals surface area contributed by atoms with Crippen LogP contribution in [0.2, 0.25) is 0 Å². The topological polar surface area (TPSA) is 71.5 Å². The minimum absolute atomic E-state index is 0. The van der Waals surface area contributed by atoms with Gasteiger partial charge in [0.05, 0.1) is 7.11 Å². The van der Waals surface area contributed by atoms with Crippen LogP contribution in [0.15, 0.2) is 78.0 Å². The average molecular weight is 429 g/mol. The van der Waals surface area contributed by atoms with Crippen LogP contribution in [-0.2, 0) is 10.5 Å². The number of hydrogen-bond acceptors (Lipinski definition) is 5. The van der Waals surface area contributed by atoms with Crippen molar-refractivity contribution in [3.05, 3.63) is 84.2 Å². The monoisotopic (exact) mass is 428 g/mol. The summed E-state index contributed by atoms with van der Waals surface area (Å²) in [6, 6.07) is 16.6. The lowest BCUT2D eigenvalue weighted by atomic mass is 10.2. The van der Waals surface area contributed by atoms with E-state index in [0.717, 1.165) is 16.3 Å². The van der Waals surface area contributed by atoms with E-state index in [1.54, 1.807) is 48.4 Å². The van der Waals surface area contributed by atoms with Crippen LogP contribution in [0.5, 0.6) is 11.5 Å². The number of carbonyl (C=O) groups is 1. The Morgan fingerprint density at radius 3 is 2.69 bits per heavy atom.